The summed E-state index contributed by atoms with van der Waals surface area (Å²) in [5, 5.41) is 19.0. The summed E-state index contributed by atoms with van der Waals surface area (Å²) in [5.74, 6) is -0.150. The first kappa shape index (κ1) is 12.6. The molecule has 2 N–H and O–H groups in total. The Kier molecular flexibility index (Phi) is 5.21. The van der Waals surface area contributed by atoms with Crippen molar-refractivity contribution in [3.05, 3.63) is 12.2 Å². The molecule has 0 rings (SSSR count). The topological polar surface area (TPSA) is 49.7 Å². The molecule has 0 spiro atoms. The number of ether oxygens (including phenoxy) is 1. The smallest absolute Gasteiger partial charge is 0.0880 e. The molecule has 0 aromatic rings. The van der Waals surface area contributed by atoms with E-state index in [1.165, 1.54) is 7.11 Å². The number of aliphatic hydroxyl groups is 2. The van der Waals surface area contributed by atoms with Gasteiger partial charge in [-0.1, -0.05) is 19.1 Å². The number of aliphatic hydroxyl groups excluding tert-OH is 2. The highest BCUT2D eigenvalue weighted by Gasteiger charge is 2.27. The van der Waals surface area contributed by atoms with Crippen molar-refractivity contribution in [1.82, 2.24) is 0 Å². The van der Waals surface area contributed by atoms with E-state index in [0.29, 0.717) is 5.57 Å². The molecule has 0 bridgehead atoms. The highest BCUT2D eigenvalue weighted by Crippen LogP contribution is 2.19. The van der Waals surface area contributed by atoms with Crippen molar-refractivity contribution < 1.29 is 14.9 Å². The van der Waals surface area contributed by atoms with Crippen LogP contribution in [0.25, 0.3) is 0 Å². The van der Waals surface area contributed by atoms with Crippen LogP contribution in [-0.4, -0.2) is 35.6 Å². The first-order chi connectivity index (χ1) is 5.91. The zero-order valence-corrected chi connectivity index (χ0v) is 8.82. The molecule has 78 valence electrons. The monoisotopic (exact) mass is 188 g/mol. The van der Waals surface area contributed by atoms with E-state index in [1.54, 1.807) is 13.8 Å². The van der Waals surface area contributed by atoms with Crippen molar-refractivity contribution in [1.29, 1.82) is 0 Å². The number of rotatable bonds is 5. The Morgan fingerprint density at radius 3 is 2.00 bits per heavy atom. The van der Waals surface area contributed by atoms with Gasteiger partial charge in [-0.3, -0.25) is 0 Å². The summed E-state index contributed by atoms with van der Waals surface area (Å²) in [4.78, 5) is 0. The molecule has 0 unspecified atom stereocenters. The normalized spacial score (nSPS) is 20.5. The summed E-state index contributed by atoms with van der Waals surface area (Å²) in [7, 11) is 1.53. The molecule has 0 aromatic heterocycles. The van der Waals surface area contributed by atoms with E-state index in [9.17, 15) is 10.2 Å². The molecule has 0 aliphatic heterocycles. The van der Waals surface area contributed by atoms with Crippen LogP contribution in [0.4, 0.5) is 0 Å². The molecule has 13 heavy (non-hydrogen) atoms. The van der Waals surface area contributed by atoms with Crippen molar-refractivity contribution >= 4 is 0 Å². The Balaban J connectivity index is 4.36. The maximum atomic E-state index is 9.65. The molecule has 3 nitrogen and oxygen atoms in total. The molecule has 0 saturated heterocycles. The second-order valence-corrected chi connectivity index (χ2v) is 3.59. The zero-order chi connectivity index (χ0) is 10.6. The summed E-state index contributed by atoms with van der Waals surface area (Å²) < 4.78 is 5.09. The van der Waals surface area contributed by atoms with E-state index >= 15 is 0 Å². The van der Waals surface area contributed by atoms with Crippen LogP contribution < -0.4 is 0 Å². The van der Waals surface area contributed by atoms with Gasteiger partial charge in [-0.25, -0.2) is 0 Å². The molecule has 0 heterocycles. The minimum absolute atomic E-state index is 0.150. The van der Waals surface area contributed by atoms with Crippen molar-refractivity contribution in [2.45, 2.75) is 39.1 Å². The second kappa shape index (κ2) is 5.37. The first-order valence-corrected chi connectivity index (χ1v) is 4.46. The zero-order valence-electron chi connectivity index (χ0n) is 8.82. The third kappa shape index (κ3) is 3.46. The van der Waals surface area contributed by atoms with E-state index in [0.717, 1.165) is 0 Å². The van der Waals surface area contributed by atoms with E-state index in [-0.39, 0.29) is 12.0 Å². The number of hydrogen-bond donors (Lipinski definition) is 2. The molecule has 0 fully saturated rings. The van der Waals surface area contributed by atoms with Gasteiger partial charge in [0.2, 0.25) is 0 Å². The second-order valence-electron chi connectivity index (χ2n) is 3.59. The molecule has 3 heteroatoms. The van der Waals surface area contributed by atoms with Gasteiger partial charge >= 0.3 is 0 Å². The van der Waals surface area contributed by atoms with Gasteiger partial charge in [0, 0.05) is 13.0 Å². The molecular weight excluding hydrogens is 168 g/mol. The van der Waals surface area contributed by atoms with Crippen LogP contribution in [0.2, 0.25) is 0 Å². The number of hydrogen-bond acceptors (Lipinski definition) is 3. The Bertz CT molecular complexity index is 166. The third-order valence-corrected chi connectivity index (χ3v) is 2.27. The quantitative estimate of drug-likeness (QED) is 0.632. The minimum atomic E-state index is -0.625. The summed E-state index contributed by atoms with van der Waals surface area (Å²) in [6.45, 7) is 8.91. The van der Waals surface area contributed by atoms with Gasteiger partial charge in [-0.05, 0) is 13.8 Å². The van der Waals surface area contributed by atoms with E-state index in [1.807, 2.05) is 6.92 Å². The molecular formula is C10H20O3. The molecule has 0 aliphatic rings. The highest BCUT2D eigenvalue weighted by atomic mass is 16.5. The third-order valence-electron chi connectivity index (χ3n) is 2.27. The molecule has 0 aliphatic carbocycles. The van der Waals surface area contributed by atoms with Gasteiger partial charge in [0.25, 0.3) is 0 Å². The fourth-order valence-corrected chi connectivity index (χ4v) is 1.48. The Labute approximate surface area is 80.0 Å². The minimum Gasteiger partial charge on any atom is -0.391 e. The van der Waals surface area contributed by atoms with E-state index < -0.39 is 12.2 Å². The maximum absolute atomic E-state index is 9.65. The van der Waals surface area contributed by atoms with Gasteiger partial charge in [-0.2, -0.15) is 0 Å². The Hall–Kier alpha value is -0.380. The van der Waals surface area contributed by atoms with Crippen molar-refractivity contribution in [2.24, 2.45) is 5.92 Å². The Morgan fingerprint density at radius 1 is 1.31 bits per heavy atom. The van der Waals surface area contributed by atoms with Crippen molar-refractivity contribution in [3.8, 4) is 0 Å². The predicted molar refractivity (Wildman–Crippen MR) is 52.5 cm³/mol. The lowest BCUT2D eigenvalue weighted by Crippen LogP contribution is -2.38. The largest absolute Gasteiger partial charge is 0.391 e. The lowest BCUT2D eigenvalue weighted by atomic mass is 9.91. The average molecular weight is 188 g/mol. The summed E-state index contributed by atoms with van der Waals surface area (Å²) in [6, 6.07) is 0. The van der Waals surface area contributed by atoms with Crippen LogP contribution >= 0.6 is 0 Å². The summed E-state index contributed by atoms with van der Waals surface area (Å²) >= 11 is 0. The summed E-state index contributed by atoms with van der Waals surface area (Å²) in [6.07, 6.45) is -1.57. The van der Waals surface area contributed by atoms with Gasteiger partial charge < -0.3 is 14.9 Å². The predicted octanol–water partition coefficient (Wildman–Crippen LogP) is 0.955. The van der Waals surface area contributed by atoms with Gasteiger partial charge in [0.05, 0.1) is 18.3 Å². The SMILES string of the molecule is C=C(C)[C@H](O)[C@H](C)[C@@H](OC)[C@H](C)O. The molecule has 4 atom stereocenters. The highest BCUT2D eigenvalue weighted by molar-refractivity contribution is 5.00. The van der Waals surface area contributed by atoms with E-state index in [2.05, 4.69) is 6.58 Å². The number of methoxy groups -OCH3 is 1. The molecule has 0 radical (unpaired) electrons. The van der Waals surface area contributed by atoms with Crippen LogP contribution in [0.3, 0.4) is 0 Å². The maximum Gasteiger partial charge on any atom is 0.0880 e. The summed E-state index contributed by atoms with van der Waals surface area (Å²) in [5.41, 5.74) is 0.690. The molecule has 0 aromatic carbocycles. The average Bonchev–Trinajstić information content (AvgIpc) is 2.03. The lowest BCUT2D eigenvalue weighted by Gasteiger charge is -2.29. The standard InChI is InChI=1S/C10H20O3/c1-6(2)9(12)7(3)10(13-5)8(4)11/h7-12H,1H2,2-5H3/t7-,8-,9-,10+/m0/s1. The fourth-order valence-electron chi connectivity index (χ4n) is 1.48. The van der Waals surface area contributed by atoms with Gasteiger partial charge in [0.1, 0.15) is 0 Å². The fraction of sp³-hybridized carbons (Fsp3) is 0.800. The van der Waals surface area contributed by atoms with E-state index in [4.69, 9.17) is 4.74 Å². The van der Waals surface area contributed by atoms with Crippen LogP contribution in [0, 0.1) is 5.92 Å². The lowest BCUT2D eigenvalue weighted by molar-refractivity contribution is -0.0597. The van der Waals surface area contributed by atoms with Crippen LogP contribution in [-0.2, 0) is 4.74 Å². The molecule has 0 saturated carbocycles. The molecule has 0 amide bonds. The van der Waals surface area contributed by atoms with Crippen LogP contribution in [0.15, 0.2) is 12.2 Å². The van der Waals surface area contributed by atoms with Crippen LogP contribution in [0.1, 0.15) is 20.8 Å². The van der Waals surface area contributed by atoms with Crippen LogP contribution in [0.5, 0.6) is 0 Å². The Morgan fingerprint density at radius 2 is 1.77 bits per heavy atom. The van der Waals surface area contributed by atoms with Gasteiger partial charge in [0.15, 0.2) is 0 Å². The first-order valence-electron chi connectivity index (χ1n) is 4.46. The van der Waals surface area contributed by atoms with Crippen molar-refractivity contribution in [3.63, 3.8) is 0 Å². The van der Waals surface area contributed by atoms with Crippen molar-refractivity contribution in [2.75, 3.05) is 7.11 Å². The van der Waals surface area contributed by atoms with Gasteiger partial charge in [-0.15, -0.1) is 0 Å².